The van der Waals surface area contributed by atoms with Gasteiger partial charge in [-0.15, -0.1) is 12.4 Å². The molecule has 4 rings (SSSR count). The molecule has 3 heteroatoms. The number of aromatic amines is 1. The first-order valence-electron chi connectivity index (χ1n) is 9.05. The van der Waals surface area contributed by atoms with Crippen molar-refractivity contribution in [1.29, 1.82) is 0 Å². The summed E-state index contributed by atoms with van der Waals surface area (Å²) < 4.78 is 0. The summed E-state index contributed by atoms with van der Waals surface area (Å²) in [7, 11) is 0. The third-order valence-corrected chi connectivity index (χ3v) is 5.84. The van der Waals surface area contributed by atoms with Crippen LogP contribution in [0.1, 0.15) is 68.7 Å². The van der Waals surface area contributed by atoms with E-state index in [0.717, 1.165) is 0 Å². The van der Waals surface area contributed by atoms with E-state index in [-0.39, 0.29) is 17.9 Å². The summed E-state index contributed by atoms with van der Waals surface area (Å²) in [6.07, 6.45) is 10.7. The first-order chi connectivity index (χ1) is 10.7. The highest BCUT2D eigenvalue weighted by Crippen LogP contribution is 2.40. The van der Waals surface area contributed by atoms with E-state index in [0.29, 0.717) is 6.04 Å². The van der Waals surface area contributed by atoms with E-state index < -0.39 is 0 Å². The average molecular weight is 333 g/mol. The molecule has 0 aliphatic heterocycles. The molecular weight excluding hydrogens is 304 g/mol. The number of aromatic nitrogens is 1. The van der Waals surface area contributed by atoms with Crippen LogP contribution in [-0.2, 0) is 12.0 Å². The van der Waals surface area contributed by atoms with E-state index >= 15 is 0 Å². The van der Waals surface area contributed by atoms with Crippen molar-refractivity contribution in [2.45, 2.75) is 76.8 Å². The quantitative estimate of drug-likeness (QED) is 0.760. The van der Waals surface area contributed by atoms with Crippen LogP contribution in [0, 0.1) is 6.92 Å². The fraction of sp³-hybridized carbons (Fsp3) is 0.600. The van der Waals surface area contributed by atoms with Crippen LogP contribution in [0.15, 0.2) is 18.2 Å². The lowest BCUT2D eigenvalue weighted by Gasteiger charge is -2.39. The van der Waals surface area contributed by atoms with E-state index in [1.165, 1.54) is 73.5 Å². The molecule has 1 atom stereocenters. The molecule has 2 aromatic rings. The Kier molecular flexibility index (Phi) is 4.75. The first-order valence-corrected chi connectivity index (χ1v) is 9.05. The Balaban J connectivity index is 0.00000156. The van der Waals surface area contributed by atoms with E-state index in [2.05, 4.69) is 42.3 Å². The van der Waals surface area contributed by atoms with Gasteiger partial charge in [-0.05, 0) is 63.6 Å². The fourth-order valence-corrected chi connectivity index (χ4v) is 4.68. The third kappa shape index (κ3) is 3.04. The molecule has 0 spiro atoms. The SMILES string of the molecule is Cc1ccc2[nH]c3c(c2c1)CCCC3(C)NC1CCCCC1.Cl. The highest BCUT2D eigenvalue weighted by Gasteiger charge is 2.36. The van der Waals surface area contributed by atoms with Gasteiger partial charge in [0.15, 0.2) is 0 Å². The number of benzene rings is 1. The van der Waals surface area contributed by atoms with Gasteiger partial charge >= 0.3 is 0 Å². The Morgan fingerprint density at radius 3 is 2.70 bits per heavy atom. The van der Waals surface area contributed by atoms with Gasteiger partial charge in [0.25, 0.3) is 0 Å². The molecule has 2 aliphatic carbocycles. The summed E-state index contributed by atoms with van der Waals surface area (Å²) in [6, 6.07) is 7.54. The van der Waals surface area contributed by atoms with Crippen LogP contribution in [0.2, 0.25) is 0 Å². The molecule has 0 amide bonds. The van der Waals surface area contributed by atoms with E-state index in [9.17, 15) is 0 Å². The number of halogens is 1. The molecule has 2 aliphatic rings. The third-order valence-electron chi connectivity index (χ3n) is 5.84. The number of nitrogens with one attached hydrogen (secondary N) is 2. The zero-order chi connectivity index (χ0) is 15.2. The largest absolute Gasteiger partial charge is 0.357 e. The topological polar surface area (TPSA) is 27.8 Å². The molecule has 1 aromatic carbocycles. The van der Waals surface area contributed by atoms with Crippen LogP contribution >= 0.6 is 12.4 Å². The Morgan fingerprint density at radius 1 is 1.13 bits per heavy atom. The second-order valence-electron chi connectivity index (χ2n) is 7.69. The zero-order valence-electron chi connectivity index (χ0n) is 14.4. The lowest BCUT2D eigenvalue weighted by atomic mass is 9.80. The number of hydrogen-bond donors (Lipinski definition) is 2. The van der Waals surface area contributed by atoms with Crippen LogP contribution in [0.4, 0.5) is 0 Å². The van der Waals surface area contributed by atoms with Crippen molar-refractivity contribution in [3.8, 4) is 0 Å². The van der Waals surface area contributed by atoms with Crippen molar-refractivity contribution < 1.29 is 0 Å². The molecule has 1 unspecified atom stereocenters. The van der Waals surface area contributed by atoms with Gasteiger partial charge < -0.3 is 10.3 Å². The predicted octanol–water partition coefficient (Wildman–Crippen LogP) is 5.37. The maximum Gasteiger partial charge on any atom is 0.0563 e. The minimum Gasteiger partial charge on any atom is -0.357 e. The van der Waals surface area contributed by atoms with Crippen molar-refractivity contribution in [1.82, 2.24) is 10.3 Å². The van der Waals surface area contributed by atoms with Gasteiger partial charge in [0, 0.05) is 22.6 Å². The molecule has 1 aromatic heterocycles. The van der Waals surface area contributed by atoms with Gasteiger partial charge in [-0.1, -0.05) is 30.9 Å². The molecule has 0 radical (unpaired) electrons. The summed E-state index contributed by atoms with van der Waals surface area (Å²) in [5.41, 5.74) is 5.83. The van der Waals surface area contributed by atoms with Crippen molar-refractivity contribution in [2.75, 3.05) is 0 Å². The fourth-order valence-electron chi connectivity index (χ4n) is 4.68. The van der Waals surface area contributed by atoms with Gasteiger partial charge in [-0.3, -0.25) is 0 Å². The number of fused-ring (bicyclic) bond motifs is 3. The Bertz CT molecular complexity index is 684. The van der Waals surface area contributed by atoms with Crippen LogP contribution in [0.5, 0.6) is 0 Å². The molecule has 1 fully saturated rings. The highest BCUT2D eigenvalue weighted by atomic mass is 35.5. The summed E-state index contributed by atoms with van der Waals surface area (Å²) in [6.45, 7) is 4.61. The van der Waals surface area contributed by atoms with Gasteiger partial charge in [0.1, 0.15) is 0 Å². The lowest BCUT2D eigenvalue weighted by molar-refractivity contribution is 0.235. The van der Waals surface area contributed by atoms with E-state index in [1.807, 2.05) is 0 Å². The number of aryl methyl sites for hydroxylation is 2. The summed E-state index contributed by atoms with van der Waals surface area (Å²) in [5, 5.41) is 5.49. The second-order valence-corrected chi connectivity index (χ2v) is 7.69. The zero-order valence-corrected chi connectivity index (χ0v) is 15.2. The van der Waals surface area contributed by atoms with Gasteiger partial charge in [-0.2, -0.15) is 0 Å². The minimum atomic E-state index is 0. The minimum absolute atomic E-state index is 0. The average Bonchev–Trinajstić information content (AvgIpc) is 2.88. The molecular formula is C20H29ClN2. The van der Waals surface area contributed by atoms with Crippen molar-refractivity contribution >= 4 is 23.3 Å². The maximum absolute atomic E-state index is 4.03. The van der Waals surface area contributed by atoms with Gasteiger partial charge in [0.2, 0.25) is 0 Å². The van der Waals surface area contributed by atoms with E-state index in [4.69, 9.17) is 0 Å². The predicted molar refractivity (Wildman–Crippen MR) is 101 cm³/mol. The lowest BCUT2D eigenvalue weighted by Crippen LogP contribution is -2.48. The van der Waals surface area contributed by atoms with E-state index in [1.54, 1.807) is 5.56 Å². The van der Waals surface area contributed by atoms with Crippen molar-refractivity contribution in [2.24, 2.45) is 0 Å². The second kappa shape index (κ2) is 6.49. The molecule has 0 bridgehead atoms. The normalized spacial score (nSPS) is 25.1. The molecule has 2 nitrogen and oxygen atoms in total. The Morgan fingerprint density at radius 2 is 1.91 bits per heavy atom. The van der Waals surface area contributed by atoms with Gasteiger partial charge in [-0.25, -0.2) is 0 Å². The van der Waals surface area contributed by atoms with Crippen LogP contribution < -0.4 is 5.32 Å². The Hall–Kier alpha value is -0.990. The Labute approximate surface area is 145 Å². The van der Waals surface area contributed by atoms with Crippen molar-refractivity contribution in [3.05, 3.63) is 35.0 Å². The molecule has 23 heavy (non-hydrogen) atoms. The summed E-state index contributed by atoms with van der Waals surface area (Å²) >= 11 is 0. The summed E-state index contributed by atoms with van der Waals surface area (Å²) in [4.78, 5) is 3.76. The molecule has 1 heterocycles. The van der Waals surface area contributed by atoms with Crippen LogP contribution in [0.25, 0.3) is 10.9 Å². The number of rotatable bonds is 2. The molecule has 2 N–H and O–H groups in total. The molecule has 1 saturated carbocycles. The molecule has 126 valence electrons. The smallest absolute Gasteiger partial charge is 0.0563 e. The summed E-state index contributed by atoms with van der Waals surface area (Å²) in [5.74, 6) is 0. The van der Waals surface area contributed by atoms with Crippen LogP contribution in [0.3, 0.4) is 0 Å². The monoisotopic (exact) mass is 332 g/mol. The highest BCUT2D eigenvalue weighted by molar-refractivity contribution is 5.86. The number of hydrogen-bond acceptors (Lipinski definition) is 1. The number of H-pyrrole nitrogens is 1. The maximum atomic E-state index is 4.03. The first kappa shape index (κ1) is 16.9. The molecule has 0 saturated heterocycles. The van der Waals surface area contributed by atoms with Gasteiger partial charge in [0.05, 0.1) is 5.54 Å². The standard InChI is InChI=1S/C20H28N2.ClH/c1-14-10-11-18-17(13-14)16-9-6-12-20(2,19(16)21-18)22-15-7-4-3-5-8-15;/h10-11,13,15,21-22H,3-9,12H2,1-2H3;1H. The van der Waals surface area contributed by atoms with Crippen molar-refractivity contribution in [3.63, 3.8) is 0 Å². The van der Waals surface area contributed by atoms with Crippen LogP contribution in [-0.4, -0.2) is 11.0 Å².